The molecule has 1 heteroatoms. The van der Waals surface area contributed by atoms with Gasteiger partial charge in [-0.25, -0.2) is 0 Å². The molecule has 5 rings (SSSR count). The predicted molar refractivity (Wildman–Crippen MR) is 82.0 cm³/mol. The first kappa shape index (κ1) is 11.0. The van der Waals surface area contributed by atoms with Gasteiger partial charge in [0.2, 0.25) is 0 Å². The molecular formula is C19H19N. The van der Waals surface area contributed by atoms with Crippen LogP contribution < -0.4 is 5.32 Å². The van der Waals surface area contributed by atoms with Crippen molar-refractivity contribution in [2.75, 3.05) is 5.32 Å². The van der Waals surface area contributed by atoms with E-state index in [-0.39, 0.29) is 11.0 Å². The van der Waals surface area contributed by atoms with Crippen molar-refractivity contribution < 1.29 is 0 Å². The minimum absolute atomic E-state index is 0.158. The number of rotatable bonds is 0. The number of benzene rings is 2. The molecule has 1 heterocycles. The van der Waals surface area contributed by atoms with E-state index in [0.717, 1.165) is 5.92 Å². The van der Waals surface area contributed by atoms with Crippen molar-refractivity contribution in [1.82, 2.24) is 0 Å². The average Bonchev–Trinajstić information content (AvgIpc) is 2.66. The van der Waals surface area contributed by atoms with Crippen LogP contribution in [0.5, 0.6) is 0 Å². The summed E-state index contributed by atoms with van der Waals surface area (Å²) in [5.74, 6) is 0.787. The van der Waals surface area contributed by atoms with Crippen molar-refractivity contribution in [2.45, 2.75) is 37.1 Å². The van der Waals surface area contributed by atoms with Crippen molar-refractivity contribution in [2.24, 2.45) is 5.92 Å². The standard InChI is InChI=1S/C19H19N/c1-18-12-14-11-10-13-6-2-3-7-15(13)19(14,18)20-17-9-5-4-8-16(17)18/h2-9,14,20H,10-12H2,1H3/t14-,18+,19+/m1/s1. The molecule has 0 radical (unpaired) electrons. The van der Waals surface area contributed by atoms with Gasteiger partial charge in [0, 0.05) is 11.1 Å². The first-order valence-corrected chi connectivity index (χ1v) is 7.72. The second-order valence-electron chi connectivity index (χ2n) is 6.91. The Kier molecular flexibility index (Phi) is 1.80. The van der Waals surface area contributed by atoms with Crippen molar-refractivity contribution in [1.29, 1.82) is 0 Å². The van der Waals surface area contributed by atoms with Crippen LogP contribution in [0.4, 0.5) is 5.69 Å². The van der Waals surface area contributed by atoms with Crippen LogP contribution in [0.1, 0.15) is 36.5 Å². The largest absolute Gasteiger partial charge is 0.374 e. The third-order valence-corrected chi connectivity index (χ3v) is 6.20. The van der Waals surface area contributed by atoms with E-state index in [9.17, 15) is 0 Å². The highest BCUT2D eigenvalue weighted by molar-refractivity contribution is 5.70. The molecule has 0 amide bonds. The Hall–Kier alpha value is -1.76. The lowest BCUT2D eigenvalue weighted by Crippen LogP contribution is -2.65. The van der Waals surface area contributed by atoms with Crippen molar-refractivity contribution in [3.63, 3.8) is 0 Å². The zero-order chi connectivity index (χ0) is 13.4. The Bertz CT molecular complexity index is 719. The Morgan fingerprint density at radius 3 is 2.65 bits per heavy atom. The van der Waals surface area contributed by atoms with E-state index in [0.29, 0.717) is 0 Å². The van der Waals surface area contributed by atoms with Crippen LogP contribution >= 0.6 is 0 Å². The number of hydrogen-bond donors (Lipinski definition) is 1. The van der Waals surface area contributed by atoms with Crippen LogP contribution in [-0.2, 0) is 17.4 Å². The highest BCUT2D eigenvalue weighted by atomic mass is 15.1. The highest BCUT2D eigenvalue weighted by Gasteiger charge is 2.69. The minimum Gasteiger partial charge on any atom is -0.374 e. The smallest absolute Gasteiger partial charge is 0.0751 e. The van der Waals surface area contributed by atoms with Crippen molar-refractivity contribution >= 4 is 5.69 Å². The lowest BCUT2D eigenvalue weighted by molar-refractivity contribution is 0.0204. The Labute approximate surface area is 120 Å². The molecule has 0 bridgehead atoms. The monoisotopic (exact) mass is 261 g/mol. The maximum absolute atomic E-state index is 3.95. The normalized spacial score (nSPS) is 36.0. The molecule has 2 aliphatic carbocycles. The van der Waals surface area contributed by atoms with Crippen molar-refractivity contribution in [3.05, 3.63) is 65.2 Å². The summed E-state index contributed by atoms with van der Waals surface area (Å²) in [5.41, 5.74) is 6.41. The molecule has 2 aromatic rings. The molecule has 0 aromatic heterocycles. The van der Waals surface area contributed by atoms with Crippen molar-refractivity contribution in [3.8, 4) is 0 Å². The van der Waals surface area contributed by atoms with E-state index in [4.69, 9.17) is 0 Å². The van der Waals surface area contributed by atoms with Gasteiger partial charge in [0.25, 0.3) is 0 Å². The molecule has 0 unspecified atom stereocenters. The Balaban J connectivity index is 1.80. The molecular weight excluding hydrogens is 242 g/mol. The summed E-state index contributed by atoms with van der Waals surface area (Å²) < 4.78 is 0. The summed E-state index contributed by atoms with van der Waals surface area (Å²) in [6.07, 6.45) is 3.90. The molecule has 1 fully saturated rings. The quantitative estimate of drug-likeness (QED) is 0.748. The van der Waals surface area contributed by atoms with Crippen LogP contribution in [0.3, 0.4) is 0 Å². The summed E-state index contributed by atoms with van der Waals surface area (Å²) >= 11 is 0. The Morgan fingerprint density at radius 2 is 1.75 bits per heavy atom. The zero-order valence-electron chi connectivity index (χ0n) is 11.8. The van der Waals surface area contributed by atoms with E-state index in [1.807, 2.05) is 0 Å². The van der Waals surface area contributed by atoms with E-state index in [1.165, 1.54) is 30.5 Å². The maximum atomic E-state index is 3.95. The first-order chi connectivity index (χ1) is 9.76. The van der Waals surface area contributed by atoms with Gasteiger partial charge in [-0.3, -0.25) is 0 Å². The van der Waals surface area contributed by atoms with Crippen LogP contribution in [-0.4, -0.2) is 0 Å². The second kappa shape index (κ2) is 3.28. The fourth-order valence-electron chi connectivity index (χ4n) is 5.33. The summed E-state index contributed by atoms with van der Waals surface area (Å²) in [5, 5.41) is 3.95. The van der Waals surface area contributed by atoms with Crippen LogP contribution in [0.2, 0.25) is 0 Å². The molecule has 1 aliphatic heterocycles. The van der Waals surface area contributed by atoms with Crippen LogP contribution in [0.25, 0.3) is 0 Å². The summed E-state index contributed by atoms with van der Waals surface area (Å²) in [7, 11) is 0. The molecule has 100 valence electrons. The third-order valence-electron chi connectivity index (χ3n) is 6.20. The van der Waals surface area contributed by atoms with Gasteiger partial charge in [-0.05, 0) is 47.9 Å². The molecule has 3 aliphatic rings. The first-order valence-electron chi connectivity index (χ1n) is 7.72. The molecule has 2 aromatic carbocycles. The maximum Gasteiger partial charge on any atom is 0.0751 e. The Morgan fingerprint density at radius 1 is 1.00 bits per heavy atom. The van der Waals surface area contributed by atoms with Gasteiger partial charge in [-0.2, -0.15) is 0 Å². The molecule has 1 N–H and O–H groups in total. The van der Waals surface area contributed by atoms with Gasteiger partial charge in [-0.15, -0.1) is 0 Å². The van der Waals surface area contributed by atoms with Crippen LogP contribution in [0, 0.1) is 5.92 Å². The SMILES string of the molecule is C[C@@]12C[C@H]3CCc4ccccc4[C@@]31Nc1ccccc12. The number of fused-ring (bicyclic) bond motifs is 3. The number of anilines is 1. The topological polar surface area (TPSA) is 12.0 Å². The van der Waals surface area contributed by atoms with Gasteiger partial charge in [-0.1, -0.05) is 49.4 Å². The van der Waals surface area contributed by atoms with E-state index in [2.05, 4.69) is 60.8 Å². The number of aryl methyl sites for hydroxylation is 1. The number of hydrogen-bond acceptors (Lipinski definition) is 1. The number of nitrogens with one attached hydrogen (secondary N) is 1. The van der Waals surface area contributed by atoms with E-state index >= 15 is 0 Å². The number of para-hydroxylation sites is 1. The average molecular weight is 261 g/mol. The molecule has 20 heavy (non-hydrogen) atoms. The third kappa shape index (κ3) is 0.974. The van der Waals surface area contributed by atoms with Gasteiger partial charge in [0.1, 0.15) is 0 Å². The molecule has 0 saturated heterocycles. The zero-order valence-corrected chi connectivity index (χ0v) is 11.8. The minimum atomic E-state index is 0.158. The van der Waals surface area contributed by atoms with E-state index in [1.54, 1.807) is 11.1 Å². The second-order valence-corrected chi connectivity index (χ2v) is 6.91. The summed E-state index contributed by atoms with van der Waals surface area (Å²) in [4.78, 5) is 0. The molecule has 1 spiro atoms. The molecule has 1 saturated carbocycles. The van der Waals surface area contributed by atoms with Gasteiger partial charge in [0.05, 0.1) is 5.54 Å². The predicted octanol–water partition coefficient (Wildman–Crippen LogP) is 4.23. The van der Waals surface area contributed by atoms with Crippen LogP contribution in [0.15, 0.2) is 48.5 Å². The van der Waals surface area contributed by atoms with Gasteiger partial charge < -0.3 is 5.32 Å². The fourth-order valence-corrected chi connectivity index (χ4v) is 5.33. The fraction of sp³-hybridized carbons (Fsp3) is 0.368. The summed E-state index contributed by atoms with van der Waals surface area (Å²) in [6, 6.07) is 18.0. The lowest BCUT2D eigenvalue weighted by atomic mass is 9.43. The lowest BCUT2D eigenvalue weighted by Gasteiger charge is -2.62. The highest BCUT2D eigenvalue weighted by Crippen LogP contribution is 2.70. The molecule has 3 atom stereocenters. The van der Waals surface area contributed by atoms with Gasteiger partial charge in [0.15, 0.2) is 0 Å². The van der Waals surface area contributed by atoms with Gasteiger partial charge >= 0.3 is 0 Å². The van der Waals surface area contributed by atoms with E-state index < -0.39 is 0 Å². The molecule has 1 nitrogen and oxygen atoms in total. The summed E-state index contributed by atoms with van der Waals surface area (Å²) in [6.45, 7) is 2.46.